The molecule has 1 rings (SSSR count). The molecule has 0 aliphatic rings. The first kappa shape index (κ1) is 14.2. The van der Waals surface area contributed by atoms with E-state index in [4.69, 9.17) is 15.9 Å². The summed E-state index contributed by atoms with van der Waals surface area (Å²) in [4.78, 5) is 10.6. The maximum Gasteiger partial charge on any atom is 0.321 e. The highest BCUT2D eigenvalue weighted by Gasteiger charge is 2.22. The molecule has 2 unspecified atom stereocenters. The number of carbonyl (C=O) groups is 1. The molecule has 0 bridgehead atoms. The first-order valence-corrected chi connectivity index (χ1v) is 4.43. The van der Waals surface area contributed by atoms with E-state index >= 15 is 0 Å². The summed E-state index contributed by atoms with van der Waals surface area (Å²) in [6.45, 7) is 1.64. The van der Waals surface area contributed by atoms with Gasteiger partial charge in [-0.1, -0.05) is 13.0 Å². The van der Waals surface area contributed by atoms with Crippen LogP contribution >= 0.6 is 0 Å². The van der Waals surface area contributed by atoms with Crippen LogP contribution in [0.4, 0.5) is 0 Å². The summed E-state index contributed by atoms with van der Waals surface area (Å²) in [5.74, 6) is -2.06. The molecule has 90 valence electrons. The van der Waals surface area contributed by atoms with Crippen LogP contribution in [-0.2, 0) is 4.79 Å². The lowest BCUT2D eigenvalue weighted by Crippen LogP contribution is -2.35. The van der Waals surface area contributed by atoms with Gasteiger partial charge in [0.15, 0.2) is 11.5 Å². The molecule has 0 aromatic heterocycles. The van der Waals surface area contributed by atoms with E-state index in [1.165, 1.54) is 18.2 Å². The van der Waals surface area contributed by atoms with Crippen LogP contribution in [0.5, 0.6) is 11.5 Å². The maximum absolute atomic E-state index is 10.6. The number of nitrogens with two attached hydrogens (primary N) is 1. The number of carboxylic acids is 1. The molecular weight excluding hydrogens is 214 g/mol. The number of aliphatic carboxylic acids is 1. The number of rotatable bonds is 3. The van der Waals surface area contributed by atoms with E-state index in [1.807, 2.05) is 0 Å². The van der Waals surface area contributed by atoms with Gasteiger partial charge >= 0.3 is 5.97 Å². The van der Waals surface area contributed by atoms with Gasteiger partial charge in [0.1, 0.15) is 6.04 Å². The van der Waals surface area contributed by atoms with Crippen LogP contribution in [0.3, 0.4) is 0 Å². The van der Waals surface area contributed by atoms with Gasteiger partial charge in [-0.2, -0.15) is 0 Å². The molecule has 2 atom stereocenters. The van der Waals surface area contributed by atoms with Gasteiger partial charge in [0, 0.05) is 5.92 Å². The van der Waals surface area contributed by atoms with Gasteiger partial charge in [-0.05, 0) is 17.7 Å². The molecule has 6 heteroatoms. The minimum absolute atomic E-state index is 0. The molecule has 0 radical (unpaired) electrons. The molecule has 16 heavy (non-hydrogen) atoms. The number of aromatic hydroxyl groups is 2. The predicted molar refractivity (Wildman–Crippen MR) is 57.4 cm³/mol. The summed E-state index contributed by atoms with van der Waals surface area (Å²) in [7, 11) is 0. The fourth-order valence-corrected chi connectivity index (χ4v) is 1.24. The number of hydrogen-bond donors (Lipinski definition) is 4. The quantitative estimate of drug-likeness (QED) is 0.531. The summed E-state index contributed by atoms with van der Waals surface area (Å²) in [6, 6.07) is 3.11. The maximum atomic E-state index is 10.6. The highest BCUT2D eigenvalue weighted by Crippen LogP contribution is 2.29. The summed E-state index contributed by atoms with van der Waals surface area (Å²) in [6.07, 6.45) is 0. The van der Waals surface area contributed by atoms with Crippen molar-refractivity contribution in [2.45, 2.75) is 18.9 Å². The summed E-state index contributed by atoms with van der Waals surface area (Å²) in [5.41, 5.74) is 6.01. The molecular formula is C10H15NO5. The van der Waals surface area contributed by atoms with Gasteiger partial charge < -0.3 is 26.5 Å². The van der Waals surface area contributed by atoms with Crippen LogP contribution in [0.25, 0.3) is 0 Å². The number of carboxylic acid groups (broad SMARTS) is 1. The van der Waals surface area contributed by atoms with E-state index in [-0.39, 0.29) is 17.0 Å². The molecule has 1 aromatic carbocycles. The van der Waals surface area contributed by atoms with E-state index in [0.717, 1.165) is 0 Å². The molecule has 0 aliphatic heterocycles. The minimum Gasteiger partial charge on any atom is -0.504 e. The normalized spacial score (nSPS) is 13.6. The Morgan fingerprint density at radius 1 is 1.31 bits per heavy atom. The van der Waals surface area contributed by atoms with Crippen molar-refractivity contribution in [3.8, 4) is 11.5 Å². The van der Waals surface area contributed by atoms with Crippen LogP contribution < -0.4 is 5.73 Å². The van der Waals surface area contributed by atoms with Crippen molar-refractivity contribution in [2.24, 2.45) is 5.73 Å². The number of phenols is 2. The molecule has 0 fully saturated rings. The topological polar surface area (TPSA) is 135 Å². The highest BCUT2D eigenvalue weighted by molar-refractivity contribution is 5.74. The average molecular weight is 229 g/mol. The Labute approximate surface area is 92.3 Å². The van der Waals surface area contributed by atoms with Gasteiger partial charge in [0.05, 0.1) is 0 Å². The van der Waals surface area contributed by atoms with Gasteiger partial charge in [0.25, 0.3) is 0 Å². The Kier molecular flexibility index (Phi) is 4.74. The van der Waals surface area contributed by atoms with Crippen molar-refractivity contribution in [2.75, 3.05) is 0 Å². The first-order chi connectivity index (χ1) is 6.93. The lowest BCUT2D eigenvalue weighted by Gasteiger charge is -2.16. The second-order valence-electron chi connectivity index (χ2n) is 3.40. The van der Waals surface area contributed by atoms with E-state index < -0.39 is 17.9 Å². The van der Waals surface area contributed by atoms with Gasteiger partial charge in [-0.3, -0.25) is 4.79 Å². The standard InChI is InChI=1S/C10H13NO4.H2O/c1-5(9(11)10(14)15)6-2-3-7(12)8(13)4-6;/h2-5,9,12-13H,11H2,1H3,(H,14,15);1H2. The minimum atomic E-state index is -1.10. The monoisotopic (exact) mass is 229 g/mol. The van der Waals surface area contributed by atoms with Gasteiger partial charge in [-0.15, -0.1) is 0 Å². The average Bonchev–Trinajstić information content (AvgIpc) is 2.19. The molecule has 0 saturated heterocycles. The molecule has 0 spiro atoms. The van der Waals surface area contributed by atoms with Crippen LogP contribution in [0.1, 0.15) is 18.4 Å². The molecule has 0 heterocycles. The third-order valence-electron chi connectivity index (χ3n) is 2.35. The van der Waals surface area contributed by atoms with Gasteiger partial charge in [-0.25, -0.2) is 0 Å². The van der Waals surface area contributed by atoms with Gasteiger partial charge in [0.2, 0.25) is 0 Å². The molecule has 1 aromatic rings. The van der Waals surface area contributed by atoms with E-state index in [9.17, 15) is 9.90 Å². The SMILES string of the molecule is CC(c1ccc(O)c(O)c1)C(N)C(=O)O.O. The fraction of sp³-hybridized carbons (Fsp3) is 0.300. The van der Waals surface area contributed by atoms with Crippen LogP contribution in [0, 0.1) is 0 Å². The van der Waals surface area contributed by atoms with E-state index in [2.05, 4.69) is 0 Å². The first-order valence-electron chi connectivity index (χ1n) is 4.43. The Bertz CT molecular complexity index is 379. The summed E-state index contributed by atoms with van der Waals surface area (Å²) >= 11 is 0. The Morgan fingerprint density at radius 3 is 2.31 bits per heavy atom. The molecule has 0 aliphatic carbocycles. The second kappa shape index (κ2) is 5.34. The molecule has 7 N–H and O–H groups in total. The smallest absolute Gasteiger partial charge is 0.321 e. The van der Waals surface area contributed by atoms with Crippen molar-refractivity contribution in [1.29, 1.82) is 0 Å². The van der Waals surface area contributed by atoms with Crippen molar-refractivity contribution in [3.63, 3.8) is 0 Å². The van der Waals surface area contributed by atoms with Crippen molar-refractivity contribution in [3.05, 3.63) is 23.8 Å². The lowest BCUT2D eigenvalue weighted by atomic mass is 9.94. The lowest BCUT2D eigenvalue weighted by molar-refractivity contribution is -0.139. The van der Waals surface area contributed by atoms with Crippen molar-refractivity contribution >= 4 is 5.97 Å². The zero-order valence-corrected chi connectivity index (χ0v) is 8.71. The third kappa shape index (κ3) is 2.85. The number of hydrogen-bond acceptors (Lipinski definition) is 4. The zero-order chi connectivity index (χ0) is 11.6. The molecule has 0 saturated carbocycles. The van der Waals surface area contributed by atoms with Crippen LogP contribution in [0.2, 0.25) is 0 Å². The number of phenolic OH excluding ortho intramolecular Hbond substituents is 2. The van der Waals surface area contributed by atoms with E-state index in [0.29, 0.717) is 5.56 Å². The van der Waals surface area contributed by atoms with Crippen molar-refractivity contribution < 1.29 is 25.6 Å². The number of benzene rings is 1. The van der Waals surface area contributed by atoms with Crippen molar-refractivity contribution in [1.82, 2.24) is 0 Å². The molecule has 6 nitrogen and oxygen atoms in total. The van der Waals surface area contributed by atoms with Crippen LogP contribution in [0.15, 0.2) is 18.2 Å². The fourth-order valence-electron chi connectivity index (χ4n) is 1.24. The largest absolute Gasteiger partial charge is 0.504 e. The van der Waals surface area contributed by atoms with Crippen LogP contribution in [-0.4, -0.2) is 32.8 Å². The highest BCUT2D eigenvalue weighted by atomic mass is 16.4. The third-order valence-corrected chi connectivity index (χ3v) is 2.35. The summed E-state index contributed by atoms with van der Waals surface area (Å²) in [5, 5.41) is 27.0. The second-order valence-corrected chi connectivity index (χ2v) is 3.40. The summed E-state index contributed by atoms with van der Waals surface area (Å²) < 4.78 is 0. The Morgan fingerprint density at radius 2 is 1.88 bits per heavy atom. The zero-order valence-electron chi connectivity index (χ0n) is 8.71. The predicted octanol–water partition coefficient (Wildman–Crippen LogP) is -0.211. The Balaban J connectivity index is 0.00000225. The molecule has 0 amide bonds. The van der Waals surface area contributed by atoms with E-state index in [1.54, 1.807) is 6.92 Å². The Hall–Kier alpha value is -1.79.